The first kappa shape index (κ1) is 11.3. The predicted octanol–water partition coefficient (Wildman–Crippen LogP) is 4.17. The van der Waals surface area contributed by atoms with Crippen LogP contribution in [0.1, 0.15) is 14.6 Å². The van der Waals surface area contributed by atoms with Crippen molar-refractivity contribution in [2.75, 3.05) is 0 Å². The van der Waals surface area contributed by atoms with E-state index in [4.69, 9.17) is 0 Å². The monoisotopic (exact) mass is 301 g/mol. The number of rotatable bonds is 4. The van der Waals surface area contributed by atoms with Crippen LogP contribution in [0.2, 0.25) is 0 Å². The van der Waals surface area contributed by atoms with E-state index in [9.17, 15) is 0 Å². The fraction of sp³-hybridized carbons (Fsp3) is 0.273. The average Bonchev–Trinajstić information content (AvgIpc) is 2.77. The molecule has 0 saturated carbocycles. The van der Waals surface area contributed by atoms with Gasteiger partial charge < -0.3 is 5.32 Å². The van der Waals surface area contributed by atoms with Gasteiger partial charge in [-0.05, 0) is 46.4 Å². The zero-order valence-corrected chi connectivity index (χ0v) is 11.6. The molecule has 0 aliphatic rings. The van der Waals surface area contributed by atoms with Crippen LogP contribution in [0.25, 0.3) is 0 Å². The van der Waals surface area contributed by atoms with Gasteiger partial charge in [0.2, 0.25) is 0 Å². The maximum absolute atomic E-state index is 3.53. The number of halogens is 1. The highest BCUT2D eigenvalue weighted by Crippen LogP contribution is 2.22. The smallest absolute Gasteiger partial charge is 0.0327 e. The molecule has 0 unspecified atom stereocenters. The lowest BCUT2D eigenvalue weighted by Crippen LogP contribution is -2.10. The largest absolute Gasteiger partial charge is 0.307 e. The zero-order chi connectivity index (χ0) is 10.7. The molecule has 2 heterocycles. The van der Waals surface area contributed by atoms with Crippen LogP contribution in [0.15, 0.2) is 28.1 Å². The van der Waals surface area contributed by atoms with Gasteiger partial charge in [-0.25, -0.2) is 0 Å². The van der Waals surface area contributed by atoms with E-state index in [-0.39, 0.29) is 0 Å². The van der Waals surface area contributed by atoms with Gasteiger partial charge in [0.25, 0.3) is 0 Å². The molecule has 0 aromatic carbocycles. The number of hydrogen-bond donors (Lipinski definition) is 1. The van der Waals surface area contributed by atoms with Gasteiger partial charge in [0, 0.05) is 32.2 Å². The summed E-state index contributed by atoms with van der Waals surface area (Å²) in [6, 6.07) is 6.45. The van der Waals surface area contributed by atoms with Gasteiger partial charge in [0.05, 0.1) is 0 Å². The first-order valence-electron chi connectivity index (χ1n) is 4.73. The highest BCUT2D eigenvalue weighted by Gasteiger charge is 2.01. The Bertz CT molecular complexity index is 433. The standard InChI is InChI=1S/C11H12BrNS2/c1-8-2-3-9(15-8)6-13-7-11-10(12)4-5-14-11/h2-5,13H,6-7H2,1H3. The number of nitrogens with one attached hydrogen (secondary N) is 1. The Balaban J connectivity index is 1.83. The predicted molar refractivity (Wildman–Crippen MR) is 71.6 cm³/mol. The first-order valence-corrected chi connectivity index (χ1v) is 7.22. The van der Waals surface area contributed by atoms with Crippen LogP contribution in [-0.2, 0) is 13.1 Å². The van der Waals surface area contributed by atoms with E-state index in [0.717, 1.165) is 13.1 Å². The van der Waals surface area contributed by atoms with Crippen LogP contribution in [0, 0.1) is 6.92 Å². The second kappa shape index (κ2) is 5.25. The molecule has 1 N–H and O–H groups in total. The molecule has 2 aromatic heterocycles. The lowest BCUT2D eigenvalue weighted by atomic mass is 10.4. The highest BCUT2D eigenvalue weighted by molar-refractivity contribution is 9.10. The quantitative estimate of drug-likeness (QED) is 0.894. The van der Waals surface area contributed by atoms with Crippen LogP contribution >= 0.6 is 38.6 Å². The molecule has 0 amide bonds. The summed E-state index contributed by atoms with van der Waals surface area (Å²) in [5, 5.41) is 5.56. The van der Waals surface area contributed by atoms with E-state index in [0.29, 0.717) is 0 Å². The van der Waals surface area contributed by atoms with Crippen molar-refractivity contribution in [1.29, 1.82) is 0 Å². The molecule has 0 fully saturated rings. The van der Waals surface area contributed by atoms with E-state index in [1.54, 1.807) is 11.3 Å². The lowest BCUT2D eigenvalue weighted by molar-refractivity contribution is 0.707. The Morgan fingerprint density at radius 2 is 2.13 bits per heavy atom. The van der Waals surface area contributed by atoms with E-state index >= 15 is 0 Å². The van der Waals surface area contributed by atoms with Gasteiger partial charge >= 0.3 is 0 Å². The number of hydrogen-bond acceptors (Lipinski definition) is 3. The average molecular weight is 302 g/mol. The minimum Gasteiger partial charge on any atom is -0.307 e. The molecule has 1 nitrogen and oxygen atoms in total. The van der Waals surface area contributed by atoms with Crippen LogP contribution in [0.3, 0.4) is 0 Å². The normalized spacial score (nSPS) is 10.8. The van der Waals surface area contributed by atoms with Crippen LogP contribution < -0.4 is 5.32 Å². The summed E-state index contributed by atoms with van der Waals surface area (Å²) >= 11 is 7.17. The molecule has 0 spiro atoms. The van der Waals surface area contributed by atoms with Gasteiger partial charge in [-0.2, -0.15) is 0 Å². The molecule has 80 valence electrons. The molecule has 0 saturated heterocycles. The molecule has 2 rings (SSSR count). The highest BCUT2D eigenvalue weighted by atomic mass is 79.9. The Morgan fingerprint density at radius 1 is 1.27 bits per heavy atom. The van der Waals surface area contributed by atoms with Crippen molar-refractivity contribution in [2.24, 2.45) is 0 Å². The Labute approximate surface area is 106 Å². The molecule has 0 radical (unpaired) electrons. The second-order valence-electron chi connectivity index (χ2n) is 3.31. The lowest BCUT2D eigenvalue weighted by Gasteiger charge is -2.01. The molecule has 2 aromatic rings. The van der Waals surface area contributed by atoms with Gasteiger partial charge in [0.1, 0.15) is 0 Å². The molecule has 15 heavy (non-hydrogen) atoms. The van der Waals surface area contributed by atoms with Crippen LogP contribution in [0.4, 0.5) is 0 Å². The maximum atomic E-state index is 3.53. The van der Waals surface area contributed by atoms with E-state index in [1.165, 1.54) is 19.1 Å². The third-order valence-electron chi connectivity index (χ3n) is 2.07. The Morgan fingerprint density at radius 3 is 2.73 bits per heavy atom. The number of aryl methyl sites for hydroxylation is 1. The topological polar surface area (TPSA) is 12.0 Å². The van der Waals surface area contributed by atoms with Crippen LogP contribution in [0.5, 0.6) is 0 Å². The summed E-state index contributed by atoms with van der Waals surface area (Å²) in [6.45, 7) is 4.04. The molecular formula is C11H12BrNS2. The van der Waals surface area contributed by atoms with E-state index < -0.39 is 0 Å². The van der Waals surface area contributed by atoms with Gasteiger partial charge in [0.15, 0.2) is 0 Å². The summed E-state index contributed by atoms with van der Waals surface area (Å²) in [4.78, 5) is 4.15. The maximum Gasteiger partial charge on any atom is 0.0327 e. The fourth-order valence-electron chi connectivity index (χ4n) is 1.33. The van der Waals surface area contributed by atoms with E-state index in [2.05, 4.69) is 51.7 Å². The molecular weight excluding hydrogens is 290 g/mol. The summed E-state index contributed by atoms with van der Waals surface area (Å²) in [7, 11) is 0. The van der Waals surface area contributed by atoms with Crippen molar-refractivity contribution < 1.29 is 0 Å². The molecule has 0 aliphatic carbocycles. The minimum absolute atomic E-state index is 0.940. The Hall–Kier alpha value is -0.160. The van der Waals surface area contributed by atoms with Crippen molar-refractivity contribution in [3.63, 3.8) is 0 Å². The van der Waals surface area contributed by atoms with E-state index in [1.807, 2.05) is 11.3 Å². The number of thiophene rings is 2. The molecule has 4 heteroatoms. The fourth-order valence-corrected chi connectivity index (χ4v) is 3.65. The zero-order valence-electron chi connectivity index (χ0n) is 8.42. The van der Waals surface area contributed by atoms with Crippen molar-refractivity contribution in [2.45, 2.75) is 20.0 Å². The summed E-state index contributed by atoms with van der Waals surface area (Å²) < 4.78 is 1.21. The third-order valence-corrected chi connectivity index (χ3v) is 5.00. The first-order chi connectivity index (χ1) is 7.25. The third kappa shape index (κ3) is 3.14. The Kier molecular flexibility index (Phi) is 3.97. The molecule has 0 atom stereocenters. The van der Waals surface area contributed by atoms with Crippen molar-refractivity contribution >= 4 is 38.6 Å². The molecule has 0 aliphatic heterocycles. The SMILES string of the molecule is Cc1ccc(CNCc2sccc2Br)s1. The van der Waals surface area contributed by atoms with Crippen molar-refractivity contribution in [1.82, 2.24) is 5.32 Å². The van der Waals surface area contributed by atoms with Crippen molar-refractivity contribution in [3.8, 4) is 0 Å². The van der Waals surface area contributed by atoms with Gasteiger partial charge in [-0.3, -0.25) is 0 Å². The minimum atomic E-state index is 0.940. The summed E-state index contributed by atoms with van der Waals surface area (Å²) in [5.41, 5.74) is 0. The van der Waals surface area contributed by atoms with Crippen LogP contribution in [-0.4, -0.2) is 0 Å². The van der Waals surface area contributed by atoms with Gasteiger partial charge in [-0.15, -0.1) is 22.7 Å². The second-order valence-corrected chi connectivity index (χ2v) is 6.54. The van der Waals surface area contributed by atoms with Crippen molar-refractivity contribution in [3.05, 3.63) is 42.7 Å². The summed E-state index contributed by atoms with van der Waals surface area (Å²) in [5.74, 6) is 0. The molecule has 0 bridgehead atoms. The van der Waals surface area contributed by atoms with Gasteiger partial charge in [-0.1, -0.05) is 0 Å². The summed E-state index contributed by atoms with van der Waals surface area (Å²) in [6.07, 6.45) is 0.